The number of alkyl carbamates (subject to hydrolysis) is 1. The highest BCUT2D eigenvalue weighted by atomic mass is 16.6. The van der Waals surface area contributed by atoms with Crippen LogP contribution in [0.3, 0.4) is 0 Å². The maximum Gasteiger partial charge on any atom is 0.408 e. The van der Waals surface area contributed by atoms with E-state index in [1.807, 2.05) is 0 Å². The molecule has 0 spiro atoms. The molecule has 8 heteroatoms. The van der Waals surface area contributed by atoms with Crippen LogP contribution in [0, 0.1) is 17.3 Å². The zero-order valence-electron chi connectivity index (χ0n) is 22.2. The van der Waals surface area contributed by atoms with Gasteiger partial charge >= 0.3 is 6.09 Å². The summed E-state index contributed by atoms with van der Waals surface area (Å²) in [6, 6.07) is -1.89. The first-order chi connectivity index (χ1) is 16.5. The maximum atomic E-state index is 13.8. The molecule has 5 atom stereocenters. The lowest BCUT2D eigenvalue weighted by atomic mass is 9.98. The van der Waals surface area contributed by atoms with Crippen molar-refractivity contribution in [3.05, 3.63) is 0 Å². The van der Waals surface area contributed by atoms with Gasteiger partial charge in [-0.05, 0) is 50.9 Å². The van der Waals surface area contributed by atoms with Crippen LogP contribution in [0.5, 0.6) is 0 Å². The van der Waals surface area contributed by atoms with Crippen molar-refractivity contribution >= 4 is 24.2 Å². The van der Waals surface area contributed by atoms with Crippen LogP contribution in [0.2, 0.25) is 0 Å². The first-order valence-electron chi connectivity index (χ1n) is 13.5. The van der Waals surface area contributed by atoms with Crippen molar-refractivity contribution < 1.29 is 23.9 Å². The molecule has 3 rings (SSSR count). The second-order valence-electron chi connectivity index (χ2n) is 12.2. The SMILES string of the molecule is CC(C)(C)OC(=O)N[C@H]1CCCCCCCCCC[C@@H](C=O)NC(=O)[C@@H]2[C@@H]3[C@H](CN2C1=O)C3(C)C. The van der Waals surface area contributed by atoms with Gasteiger partial charge in [0.2, 0.25) is 11.8 Å². The lowest BCUT2D eigenvalue weighted by molar-refractivity contribution is -0.142. The molecule has 0 bridgehead atoms. The molecule has 2 saturated heterocycles. The quantitative estimate of drug-likeness (QED) is 0.569. The monoisotopic (exact) mass is 491 g/mol. The second-order valence-corrected chi connectivity index (χ2v) is 12.2. The Balaban J connectivity index is 1.81. The molecule has 0 aromatic rings. The molecule has 198 valence electrons. The van der Waals surface area contributed by atoms with Gasteiger partial charge in [0.05, 0.1) is 6.04 Å². The third kappa shape index (κ3) is 6.98. The van der Waals surface area contributed by atoms with E-state index in [0.29, 0.717) is 19.4 Å². The molecule has 1 saturated carbocycles. The number of hydrogen-bond donors (Lipinski definition) is 2. The molecular formula is C27H45N3O5. The summed E-state index contributed by atoms with van der Waals surface area (Å²) in [7, 11) is 0. The molecule has 0 aromatic carbocycles. The highest BCUT2D eigenvalue weighted by Gasteiger charge is 2.69. The predicted molar refractivity (Wildman–Crippen MR) is 134 cm³/mol. The van der Waals surface area contributed by atoms with Crippen molar-refractivity contribution in [1.82, 2.24) is 15.5 Å². The van der Waals surface area contributed by atoms with Gasteiger partial charge in [-0.25, -0.2) is 4.79 Å². The van der Waals surface area contributed by atoms with Gasteiger partial charge in [0.1, 0.15) is 24.0 Å². The number of nitrogens with one attached hydrogen (secondary N) is 2. The number of nitrogens with zero attached hydrogens (tertiary/aromatic N) is 1. The Morgan fingerprint density at radius 2 is 1.60 bits per heavy atom. The first-order valence-corrected chi connectivity index (χ1v) is 13.5. The average molecular weight is 492 g/mol. The Morgan fingerprint density at radius 1 is 1.03 bits per heavy atom. The first kappa shape index (κ1) is 27.5. The van der Waals surface area contributed by atoms with E-state index < -0.39 is 29.8 Å². The zero-order valence-corrected chi connectivity index (χ0v) is 22.2. The van der Waals surface area contributed by atoms with E-state index in [-0.39, 0.29) is 29.1 Å². The van der Waals surface area contributed by atoms with Crippen LogP contribution in [-0.2, 0) is 19.1 Å². The minimum Gasteiger partial charge on any atom is -0.444 e. The number of rotatable bonds is 2. The molecule has 3 fully saturated rings. The molecule has 0 aromatic heterocycles. The largest absolute Gasteiger partial charge is 0.444 e. The lowest BCUT2D eigenvalue weighted by Gasteiger charge is -2.34. The number of aldehydes is 1. The third-order valence-electron chi connectivity index (χ3n) is 8.00. The molecule has 0 unspecified atom stereocenters. The van der Waals surface area contributed by atoms with Crippen LogP contribution >= 0.6 is 0 Å². The van der Waals surface area contributed by atoms with Crippen molar-refractivity contribution in [2.24, 2.45) is 17.3 Å². The number of amides is 3. The van der Waals surface area contributed by atoms with Crippen molar-refractivity contribution in [3.63, 3.8) is 0 Å². The number of piperidine rings is 1. The standard InChI is InChI=1S/C27H45N3O5/c1-26(2,3)35-25(34)29-20-15-13-11-9-7-6-8-10-12-14-18(17-31)28-23(32)22-21-19(27(21,4)5)16-30(22)24(20)33/h17-22H,6-16H2,1-5H3,(H,28,32)(H,29,34)/t18-,19-,20-,21-,22-/m0/s1. The van der Waals surface area contributed by atoms with E-state index in [0.717, 1.165) is 57.7 Å². The van der Waals surface area contributed by atoms with E-state index in [4.69, 9.17) is 4.74 Å². The van der Waals surface area contributed by atoms with Gasteiger partial charge in [0.25, 0.3) is 0 Å². The molecule has 2 heterocycles. The maximum absolute atomic E-state index is 13.8. The molecule has 1 aliphatic carbocycles. The minimum absolute atomic E-state index is 0.0255. The van der Waals surface area contributed by atoms with Gasteiger partial charge in [-0.1, -0.05) is 65.2 Å². The molecular weight excluding hydrogens is 446 g/mol. The van der Waals surface area contributed by atoms with Gasteiger partial charge in [-0.2, -0.15) is 0 Å². The summed E-state index contributed by atoms with van der Waals surface area (Å²) >= 11 is 0. The lowest BCUT2D eigenvalue weighted by Crippen LogP contribution is -2.57. The van der Waals surface area contributed by atoms with Crippen LogP contribution in [0.1, 0.15) is 98.8 Å². The van der Waals surface area contributed by atoms with Gasteiger partial charge in [0, 0.05) is 6.54 Å². The molecule has 2 N–H and O–H groups in total. The van der Waals surface area contributed by atoms with Crippen molar-refractivity contribution in [2.75, 3.05) is 6.54 Å². The molecule has 8 nitrogen and oxygen atoms in total. The Hall–Kier alpha value is -2.12. The van der Waals surface area contributed by atoms with E-state index >= 15 is 0 Å². The molecule has 0 radical (unpaired) electrons. The van der Waals surface area contributed by atoms with Crippen LogP contribution in [0.4, 0.5) is 4.79 Å². The second kappa shape index (κ2) is 11.3. The molecule has 3 aliphatic rings. The summed E-state index contributed by atoms with van der Waals surface area (Å²) in [5, 5.41) is 5.72. The van der Waals surface area contributed by atoms with Crippen LogP contribution in [-0.4, -0.2) is 59.4 Å². The predicted octanol–water partition coefficient (Wildman–Crippen LogP) is 3.96. The summed E-state index contributed by atoms with van der Waals surface area (Å²) in [5.74, 6) is -0.187. The smallest absolute Gasteiger partial charge is 0.408 e. The summed E-state index contributed by atoms with van der Waals surface area (Å²) in [5.41, 5.74) is -0.697. The summed E-state index contributed by atoms with van der Waals surface area (Å²) in [6.45, 7) is 10.1. The normalized spacial score (nSPS) is 32.5. The third-order valence-corrected chi connectivity index (χ3v) is 8.00. The van der Waals surface area contributed by atoms with Gasteiger partial charge in [-0.3, -0.25) is 9.59 Å². The fourth-order valence-electron chi connectivity index (χ4n) is 5.94. The van der Waals surface area contributed by atoms with E-state index in [1.165, 1.54) is 0 Å². The van der Waals surface area contributed by atoms with E-state index in [9.17, 15) is 19.2 Å². The molecule has 35 heavy (non-hydrogen) atoms. The topological polar surface area (TPSA) is 105 Å². The highest BCUT2D eigenvalue weighted by Crippen LogP contribution is 2.64. The van der Waals surface area contributed by atoms with Crippen LogP contribution in [0.15, 0.2) is 0 Å². The number of ether oxygens (including phenoxy) is 1. The fraction of sp³-hybridized carbons (Fsp3) is 0.852. The highest BCUT2D eigenvalue weighted by molar-refractivity contribution is 5.93. The number of fused-ring (bicyclic) bond motifs is 3. The Kier molecular flexibility index (Phi) is 8.86. The number of hydrogen-bond acceptors (Lipinski definition) is 5. The minimum atomic E-state index is -0.738. The van der Waals surface area contributed by atoms with Crippen molar-refractivity contribution in [1.29, 1.82) is 0 Å². The van der Waals surface area contributed by atoms with Gasteiger partial charge < -0.3 is 25.1 Å². The average Bonchev–Trinajstić information content (AvgIpc) is 3.09. The van der Waals surface area contributed by atoms with E-state index in [2.05, 4.69) is 24.5 Å². The van der Waals surface area contributed by atoms with E-state index in [1.54, 1.807) is 25.7 Å². The molecule has 2 aliphatic heterocycles. The zero-order chi connectivity index (χ0) is 25.8. The Morgan fingerprint density at radius 3 is 2.17 bits per heavy atom. The van der Waals surface area contributed by atoms with Crippen molar-refractivity contribution in [3.8, 4) is 0 Å². The Labute approximate surface area is 210 Å². The summed E-state index contributed by atoms with van der Waals surface area (Å²) in [4.78, 5) is 53.1. The van der Waals surface area contributed by atoms with Gasteiger partial charge in [0.15, 0.2) is 0 Å². The van der Waals surface area contributed by atoms with Crippen molar-refractivity contribution in [2.45, 2.75) is 123 Å². The molecule has 3 amide bonds. The number of carbonyl (C=O) groups is 4. The van der Waals surface area contributed by atoms with Crippen LogP contribution in [0.25, 0.3) is 0 Å². The summed E-state index contributed by atoms with van der Waals surface area (Å²) < 4.78 is 5.43. The fourth-order valence-corrected chi connectivity index (χ4v) is 5.94. The van der Waals surface area contributed by atoms with Gasteiger partial charge in [-0.15, -0.1) is 0 Å². The Bertz CT molecular complexity index is 790. The number of carbonyl (C=O) groups excluding carboxylic acids is 4. The summed E-state index contributed by atoms with van der Waals surface area (Å²) in [6.07, 6.45) is 9.59. The van der Waals surface area contributed by atoms with Crippen LogP contribution < -0.4 is 10.6 Å².